The van der Waals surface area contributed by atoms with Crippen molar-refractivity contribution in [3.8, 4) is 0 Å². The van der Waals surface area contributed by atoms with Gasteiger partial charge in [0.25, 0.3) is 11.8 Å². The molecule has 2 amide bonds. The summed E-state index contributed by atoms with van der Waals surface area (Å²) in [5.41, 5.74) is 0. The fraction of sp³-hybridized carbons (Fsp3) is 0.600. The van der Waals surface area contributed by atoms with Crippen LogP contribution in [0.3, 0.4) is 0 Å². The van der Waals surface area contributed by atoms with E-state index in [0.717, 1.165) is 24.4 Å². The Morgan fingerprint density at radius 3 is 2.69 bits per heavy atom. The molecule has 3 fully saturated rings. The van der Waals surface area contributed by atoms with E-state index in [1.807, 2.05) is 0 Å². The van der Waals surface area contributed by atoms with Crippen LogP contribution in [0.15, 0.2) is 25.0 Å². The molecule has 2 bridgehead atoms. The number of nitrogens with one attached hydrogen (secondary N) is 2. The van der Waals surface area contributed by atoms with E-state index in [-0.39, 0.29) is 11.7 Å². The molecule has 19 nitrogen and oxygen atoms in total. The molecule has 0 aromatic rings. The lowest BCUT2D eigenvalue weighted by atomic mass is 10.1. The molecule has 7 heterocycles. The van der Waals surface area contributed by atoms with E-state index in [9.17, 15) is 24.2 Å². The third-order valence-electron chi connectivity index (χ3n) is 7.47. The molecule has 7 aliphatic heterocycles. The van der Waals surface area contributed by atoms with Crippen molar-refractivity contribution in [2.75, 3.05) is 13.2 Å². The molecule has 7 aliphatic rings. The number of aliphatic hydroxyl groups excluding tert-OH is 1. The van der Waals surface area contributed by atoms with Crippen LogP contribution in [0.4, 0.5) is 4.39 Å². The first-order chi connectivity index (χ1) is 21.3. The van der Waals surface area contributed by atoms with E-state index in [4.69, 9.17) is 40.0 Å². The van der Waals surface area contributed by atoms with Gasteiger partial charge in [-0.1, -0.05) is 12.2 Å². The maximum atomic E-state index is 16.0. The smallest absolute Gasteiger partial charge is 0.386 e. The number of guanidine groups is 1. The highest BCUT2D eigenvalue weighted by atomic mass is 32.7. The quantitative estimate of drug-likeness (QED) is 0.166. The third kappa shape index (κ3) is 5.76. The number of ether oxygens (including phenoxy) is 1. The largest absolute Gasteiger partial charge is 0.389 e. The monoisotopic (exact) mass is 725 g/mol. The average molecular weight is 726 g/mol. The Kier molecular flexibility index (Phi) is 8.14. The number of hydrogen-bond acceptors (Lipinski definition) is 17. The second-order valence-electron chi connectivity index (χ2n) is 10.3. The Bertz CT molecular complexity index is 1600. The summed E-state index contributed by atoms with van der Waals surface area (Å²) in [4.78, 5) is 57.7. The van der Waals surface area contributed by atoms with Gasteiger partial charge in [0, 0.05) is 0 Å². The van der Waals surface area contributed by atoms with Crippen molar-refractivity contribution in [3.63, 3.8) is 0 Å². The molecule has 45 heavy (non-hydrogen) atoms. The number of hydrogen-bond donors (Lipinski definition) is 5. The van der Waals surface area contributed by atoms with Crippen molar-refractivity contribution in [3.05, 3.63) is 0 Å². The molecular weight excluding hydrogens is 703 g/mol. The first-order valence-corrected chi connectivity index (χ1v) is 19.2. The van der Waals surface area contributed by atoms with Crippen molar-refractivity contribution in [1.29, 1.82) is 5.41 Å². The predicted molar refractivity (Wildman–Crippen MR) is 162 cm³/mol. The zero-order chi connectivity index (χ0) is 31.8. The molecule has 4 N–H and O–H groups in total. The first kappa shape index (κ1) is 31.6. The first-order valence-electron chi connectivity index (χ1n) is 13.0. The number of nitrogens with zero attached hydrogens (tertiary/aromatic N) is 7. The Morgan fingerprint density at radius 2 is 1.89 bits per heavy atom. The predicted octanol–water partition coefficient (Wildman–Crippen LogP) is -1.22. The lowest BCUT2D eigenvalue weighted by Gasteiger charge is -2.32. The van der Waals surface area contributed by atoms with Crippen LogP contribution in [-0.4, -0.2) is 141 Å². The fourth-order valence-corrected chi connectivity index (χ4v) is 10.0. The second kappa shape index (κ2) is 11.6. The van der Waals surface area contributed by atoms with Crippen LogP contribution in [0.2, 0.25) is 0 Å². The zero-order valence-electron chi connectivity index (χ0n) is 22.2. The Morgan fingerprint density at radius 1 is 1.13 bits per heavy atom. The van der Waals surface area contributed by atoms with Crippen molar-refractivity contribution in [2.24, 2.45) is 25.0 Å². The number of amidine groups is 2. The highest BCUT2D eigenvalue weighted by Gasteiger charge is 2.56. The van der Waals surface area contributed by atoms with Gasteiger partial charge in [-0.3, -0.25) is 48.8 Å². The molecule has 0 radical (unpaired) electrons. The van der Waals surface area contributed by atoms with Crippen LogP contribution in [0.1, 0.15) is 0 Å². The Balaban J connectivity index is 1.15. The maximum absolute atomic E-state index is 16.0. The number of aliphatic imine (C=N–C) groups is 5. The van der Waals surface area contributed by atoms with Gasteiger partial charge >= 0.3 is 13.5 Å². The summed E-state index contributed by atoms with van der Waals surface area (Å²) in [6.07, 6.45) is -5.83. The van der Waals surface area contributed by atoms with Gasteiger partial charge in [0.2, 0.25) is 5.96 Å². The van der Waals surface area contributed by atoms with E-state index in [2.05, 4.69) is 42.5 Å². The van der Waals surface area contributed by atoms with E-state index in [1.165, 1.54) is 16.1 Å². The molecular formula is C20H22FN9O10P2S3. The van der Waals surface area contributed by atoms with Gasteiger partial charge in [0.1, 0.15) is 41.7 Å². The number of thiol groups is 1. The molecule has 0 spiro atoms. The van der Waals surface area contributed by atoms with E-state index < -0.39 is 104 Å². The normalized spacial score (nSPS) is 46.1. The number of amides is 2. The average Bonchev–Trinajstić information content (AvgIpc) is 3.72. The number of halogens is 1. The lowest BCUT2D eigenvalue weighted by Crippen LogP contribution is -2.52. The SMILES string of the molecule is N=C1N=C2C(N=CN2[C@@H]2S[C@@H]3COP(O)(=S)O[C@H]4[C@H](F)[C@H](N5C=NC6C(=O)N=CN=C65)O[C@@H]4COP(=O)(S)O[C@@H]2[C@@H]3O)C(=O)N1. The van der Waals surface area contributed by atoms with E-state index >= 15 is 4.39 Å². The summed E-state index contributed by atoms with van der Waals surface area (Å²) < 4.78 is 57.7. The van der Waals surface area contributed by atoms with Crippen LogP contribution in [-0.2, 0) is 48.8 Å². The summed E-state index contributed by atoms with van der Waals surface area (Å²) >= 11 is 10.3. The number of carbonyl (C=O) groups excluding carboxylic acids is 2. The van der Waals surface area contributed by atoms with Crippen LogP contribution in [0, 0.1) is 5.41 Å². The van der Waals surface area contributed by atoms with Gasteiger partial charge in [-0.25, -0.2) is 13.9 Å². The van der Waals surface area contributed by atoms with Gasteiger partial charge in [0.05, 0.1) is 37.2 Å². The number of thioether (sulfide) groups is 1. The second-order valence-corrected chi connectivity index (χ2v) is 17.3. The molecule has 0 aromatic heterocycles. The summed E-state index contributed by atoms with van der Waals surface area (Å²) in [5.74, 6) is -1.50. The van der Waals surface area contributed by atoms with Crippen LogP contribution in [0.25, 0.3) is 0 Å². The van der Waals surface area contributed by atoms with Crippen molar-refractivity contribution in [2.45, 2.75) is 59.5 Å². The van der Waals surface area contributed by atoms with Gasteiger partial charge in [-0.15, -0.1) is 11.8 Å². The lowest BCUT2D eigenvalue weighted by molar-refractivity contribution is -0.120. The minimum atomic E-state index is -4.37. The fourth-order valence-electron chi connectivity index (χ4n) is 5.44. The van der Waals surface area contributed by atoms with Gasteiger partial charge in [-0.05, 0) is 11.8 Å². The highest BCUT2D eigenvalue weighted by molar-refractivity contribution is 8.44. The number of fused-ring (bicyclic) bond motifs is 5. The molecule has 0 aromatic carbocycles. The summed E-state index contributed by atoms with van der Waals surface area (Å²) in [5, 5.41) is 19.4. The number of aliphatic hydroxyl groups is 1. The number of alkyl halides is 1. The highest BCUT2D eigenvalue weighted by Crippen LogP contribution is 2.59. The minimum Gasteiger partial charge on any atom is -0.389 e. The van der Waals surface area contributed by atoms with Gasteiger partial charge in [0.15, 0.2) is 24.5 Å². The standard InChI is InChI=1S/C20H22FN9O10P2S3/c21-8-12-6(38-18(8)29-4-25-9-14(29)23-3-24-16(9)32)1-36-41(34,43)40-13-11(31)7(2-37-42(35,44)39-12)45-19(13)30-5-26-10-15(30)27-20(22)28-17(10)33/h3-13,18-19,31H,1-2H2,(H,34,43)(H,35,44)(H2,22,28,33)/t6-,7-,8+,9?,10?,11-,12-,13-,18-,19-,41?,42?/m1/s1. The van der Waals surface area contributed by atoms with Crippen molar-refractivity contribution in [1.82, 2.24) is 15.1 Å². The van der Waals surface area contributed by atoms with Crippen LogP contribution >= 0.6 is 37.5 Å². The molecule has 4 unspecified atom stereocenters. The molecule has 7 rings (SSSR count). The molecule has 3 saturated heterocycles. The Hall–Kier alpha value is -2.01. The maximum Gasteiger partial charge on any atom is 0.386 e. The molecule has 242 valence electrons. The topological polar surface area (TPSA) is 242 Å². The molecule has 12 atom stereocenters. The van der Waals surface area contributed by atoms with E-state index in [1.54, 1.807) is 0 Å². The van der Waals surface area contributed by atoms with Gasteiger partial charge < -0.3 is 24.2 Å². The number of carbonyl (C=O) groups is 2. The van der Waals surface area contributed by atoms with Crippen LogP contribution < -0.4 is 5.32 Å². The summed E-state index contributed by atoms with van der Waals surface area (Å²) in [6, 6.07) is -2.15. The molecule has 0 saturated carbocycles. The van der Waals surface area contributed by atoms with Crippen LogP contribution in [0.5, 0.6) is 0 Å². The van der Waals surface area contributed by atoms with Crippen molar-refractivity contribution >= 4 is 97.8 Å². The molecule has 25 heteroatoms. The zero-order valence-corrected chi connectivity index (χ0v) is 26.6. The summed E-state index contributed by atoms with van der Waals surface area (Å²) in [6.45, 7) is -9.68. The van der Waals surface area contributed by atoms with Gasteiger partial charge in [-0.2, -0.15) is 9.98 Å². The summed E-state index contributed by atoms with van der Waals surface area (Å²) in [7, 11) is 0. The minimum absolute atomic E-state index is 0.0526. The van der Waals surface area contributed by atoms with Crippen molar-refractivity contribution < 1.29 is 51.4 Å². The number of rotatable bonds is 2. The van der Waals surface area contributed by atoms with E-state index in [0.29, 0.717) is 0 Å². The third-order valence-corrected chi connectivity index (χ3v) is 12.2. The molecule has 0 aliphatic carbocycles. The Labute approximate surface area is 266 Å².